The molecule has 0 aliphatic carbocycles. The first-order valence-electron chi connectivity index (χ1n) is 11.5. The lowest BCUT2D eigenvalue weighted by atomic mass is 9.86. The number of nitrogens with zero attached hydrogens (tertiary/aromatic N) is 2. The molecule has 0 atom stereocenters. The molecule has 0 amide bonds. The van der Waals surface area contributed by atoms with Gasteiger partial charge >= 0.3 is 5.97 Å². The maximum absolute atomic E-state index is 11.6. The van der Waals surface area contributed by atoms with Gasteiger partial charge in [0.05, 0.1) is 32.0 Å². The lowest BCUT2D eigenvalue weighted by Crippen LogP contribution is -2.13. The van der Waals surface area contributed by atoms with Crippen LogP contribution < -0.4 is 14.9 Å². The molecule has 0 saturated carbocycles. The van der Waals surface area contributed by atoms with Crippen LogP contribution in [-0.2, 0) is 28.0 Å². The molecule has 7 nitrogen and oxygen atoms in total. The second-order valence-electron chi connectivity index (χ2n) is 9.11. The van der Waals surface area contributed by atoms with Gasteiger partial charge in [-0.3, -0.25) is 10.2 Å². The van der Waals surface area contributed by atoms with Crippen molar-refractivity contribution in [2.75, 3.05) is 19.1 Å². The molecule has 1 N–H and O–H groups in total. The average molecular weight is 496 g/mol. The van der Waals surface area contributed by atoms with E-state index in [0.717, 1.165) is 33.8 Å². The number of esters is 1. The largest absolute Gasteiger partial charge is 0.496 e. The molecule has 3 rings (SSSR count). The summed E-state index contributed by atoms with van der Waals surface area (Å²) >= 11 is 1.38. The van der Waals surface area contributed by atoms with Crippen LogP contribution in [-0.4, -0.2) is 30.9 Å². The van der Waals surface area contributed by atoms with Crippen molar-refractivity contribution in [3.05, 3.63) is 69.7 Å². The summed E-state index contributed by atoms with van der Waals surface area (Å²) in [6.45, 7) is 11.1. The number of benzene rings is 2. The van der Waals surface area contributed by atoms with Crippen LogP contribution in [0.5, 0.6) is 11.5 Å². The van der Waals surface area contributed by atoms with Crippen LogP contribution in [0.4, 0.5) is 5.13 Å². The summed E-state index contributed by atoms with van der Waals surface area (Å²) in [4.78, 5) is 16.0. The molecule has 0 aliphatic heterocycles. The van der Waals surface area contributed by atoms with Crippen molar-refractivity contribution in [3.8, 4) is 11.5 Å². The molecule has 35 heavy (non-hydrogen) atoms. The highest BCUT2D eigenvalue weighted by molar-refractivity contribution is 7.13. The van der Waals surface area contributed by atoms with Crippen molar-refractivity contribution in [3.63, 3.8) is 0 Å². The van der Waals surface area contributed by atoms with Crippen LogP contribution in [0.15, 0.2) is 46.9 Å². The molecule has 0 fully saturated rings. The third-order valence-electron chi connectivity index (χ3n) is 5.19. The summed E-state index contributed by atoms with van der Waals surface area (Å²) in [6, 6.07) is 12.1. The number of ether oxygens (including phenoxy) is 3. The van der Waals surface area contributed by atoms with E-state index in [0.29, 0.717) is 24.0 Å². The number of nitrogens with one attached hydrogen (secondary N) is 1. The van der Waals surface area contributed by atoms with E-state index < -0.39 is 0 Å². The second-order valence-corrected chi connectivity index (χ2v) is 9.96. The van der Waals surface area contributed by atoms with Crippen LogP contribution in [0, 0.1) is 6.92 Å². The van der Waals surface area contributed by atoms with E-state index in [-0.39, 0.29) is 17.8 Å². The third kappa shape index (κ3) is 7.55. The Kier molecular flexibility index (Phi) is 8.87. The molecule has 0 bridgehead atoms. The van der Waals surface area contributed by atoms with Gasteiger partial charge in [-0.1, -0.05) is 32.9 Å². The van der Waals surface area contributed by atoms with Gasteiger partial charge in [0.25, 0.3) is 0 Å². The summed E-state index contributed by atoms with van der Waals surface area (Å²) in [6.07, 6.45) is 1.86. The highest BCUT2D eigenvalue weighted by Crippen LogP contribution is 2.33. The number of anilines is 1. The molecule has 0 unspecified atom stereocenters. The standard InChI is InChI=1S/C27H33N3O4S/c1-7-33-25(31)14-21-17-35-26(29-21)30-28-15-19-9-11-23(32-6)20(13-19)16-34-24-12-18(2)8-10-22(24)27(3,4)5/h8-13,15,17H,7,14,16H2,1-6H3,(H,29,30). The van der Waals surface area contributed by atoms with Crippen LogP contribution in [0.2, 0.25) is 0 Å². The summed E-state index contributed by atoms with van der Waals surface area (Å²) in [5, 5.41) is 6.71. The van der Waals surface area contributed by atoms with Crippen molar-refractivity contribution in [1.29, 1.82) is 0 Å². The van der Waals surface area contributed by atoms with E-state index >= 15 is 0 Å². The number of hydrogen-bond donors (Lipinski definition) is 1. The van der Waals surface area contributed by atoms with Crippen LogP contribution in [0.3, 0.4) is 0 Å². The van der Waals surface area contributed by atoms with E-state index in [1.807, 2.05) is 23.6 Å². The van der Waals surface area contributed by atoms with E-state index in [9.17, 15) is 4.79 Å². The maximum atomic E-state index is 11.6. The fraction of sp³-hybridized carbons (Fsp3) is 0.370. The van der Waals surface area contributed by atoms with Crippen molar-refractivity contribution in [1.82, 2.24) is 4.98 Å². The smallest absolute Gasteiger partial charge is 0.311 e. The summed E-state index contributed by atoms with van der Waals surface area (Å²) in [5.41, 5.74) is 7.67. The van der Waals surface area contributed by atoms with E-state index in [1.165, 1.54) is 11.3 Å². The Labute approximate surface area is 211 Å². The molecule has 0 aliphatic rings. The molecule has 1 aromatic heterocycles. The van der Waals surface area contributed by atoms with Gasteiger partial charge < -0.3 is 14.2 Å². The summed E-state index contributed by atoms with van der Waals surface area (Å²) in [5.74, 6) is 1.34. The van der Waals surface area contributed by atoms with Crippen LogP contribution in [0.25, 0.3) is 0 Å². The zero-order valence-electron chi connectivity index (χ0n) is 21.2. The quantitative estimate of drug-likeness (QED) is 0.215. The van der Waals surface area contributed by atoms with E-state index in [2.05, 4.69) is 61.4 Å². The normalized spacial score (nSPS) is 11.5. The molecule has 8 heteroatoms. The van der Waals surface area contributed by atoms with Crippen molar-refractivity contribution >= 4 is 28.7 Å². The number of rotatable bonds is 10. The lowest BCUT2D eigenvalue weighted by Gasteiger charge is -2.23. The molecule has 186 valence electrons. The van der Waals surface area contributed by atoms with Gasteiger partial charge in [0, 0.05) is 10.9 Å². The van der Waals surface area contributed by atoms with Gasteiger partial charge in [0.15, 0.2) is 0 Å². The summed E-state index contributed by atoms with van der Waals surface area (Å²) < 4.78 is 16.8. The Hall–Kier alpha value is -3.39. The minimum atomic E-state index is -0.291. The third-order valence-corrected chi connectivity index (χ3v) is 5.98. The topological polar surface area (TPSA) is 82.0 Å². The molecule has 0 radical (unpaired) electrons. The Morgan fingerprint density at radius 1 is 1.17 bits per heavy atom. The molecule has 0 saturated heterocycles. The highest BCUT2D eigenvalue weighted by Gasteiger charge is 2.19. The first kappa shape index (κ1) is 26.2. The predicted molar refractivity (Wildman–Crippen MR) is 141 cm³/mol. The SMILES string of the molecule is CCOC(=O)Cc1csc(NN=Cc2ccc(OC)c(COc3cc(C)ccc3C(C)(C)C)c2)n1. The van der Waals surface area contributed by atoms with Crippen molar-refractivity contribution in [2.24, 2.45) is 5.10 Å². The second kappa shape index (κ2) is 11.8. The first-order valence-corrected chi connectivity index (χ1v) is 12.4. The Balaban J connectivity index is 1.68. The maximum Gasteiger partial charge on any atom is 0.311 e. The molecule has 3 aromatic rings. The number of hydrogen-bond acceptors (Lipinski definition) is 8. The number of hydrazone groups is 1. The van der Waals surface area contributed by atoms with Gasteiger partial charge in [0.2, 0.25) is 5.13 Å². The van der Waals surface area contributed by atoms with Crippen molar-refractivity contribution in [2.45, 2.75) is 53.1 Å². The number of carbonyl (C=O) groups excluding carboxylic acids is 1. The van der Waals surface area contributed by atoms with Crippen LogP contribution in [0.1, 0.15) is 55.6 Å². The number of thiazole rings is 1. The van der Waals surface area contributed by atoms with Gasteiger partial charge in [-0.05, 0) is 60.2 Å². The number of aryl methyl sites for hydroxylation is 1. The molecular formula is C27H33N3O4S. The minimum Gasteiger partial charge on any atom is -0.496 e. The fourth-order valence-corrected chi connectivity index (χ4v) is 4.14. The number of aromatic nitrogens is 1. The van der Waals surface area contributed by atoms with Gasteiger partial charge in [0.1, 0.15) is 18.1 Å². The highest BCUT2D eigenvalue weighted by atomic mass is 32.1. The Morgan fingerprint density at radius 3 is 2.69 bits per heavy atom. The summed E-state index contributed by atoms with van der Waals surface area (Å²) in [7, 11) is 1.65. The number of carbonyl (C=O) groups is 1. The molecule has 2 aromatic carbocycles. The van der Waals surface area contributed by atoms with Gasteiger partial charge in [-0.15, -0.1) is 11.3 Å². The molecular weight excluding hydrogens is 462 g/mol. The zero-order chi connectivity index (χ0) is 25.4. The first-order chi connectivity index (χ1) is 16.7. The van der Waals surface area contributed by atoms with Crippen LogP contribution >= 0.6 is 11.3 Å². The van der Waals surface area contributed by atoms with Gasteiger partial charge in [-0.25, -0.2) is 4.98 Å². The fourth-order valence-electron chi connectivity index (χ4n) is 3.48. The number of methoxy groups -OCH3 is 1. The van der Waals surface area contributed by atoms with Crippen molar-refractivity contribution < 1.29 is 19.0 Å². The van der Waals surface area contributed by atoms with E-state index in [4.69, 9.17) is 14.2 Å². The van der Waals surface area contributed by atoms with E-state index in [1.54, 1.807) is 20.2 Å². The molecule has 0 spiro atoms. The Morgan fingerprint density at radius 2 is 1.97 bits per heavy atom. The monoisotopic (exact) mass is 495 g/mol. The predicted octanol–water partition coefficient (Wildman–Crippen LogP) is 5.89. The van der Waals surface area contributed by atoms with Gasteiger partial charge in [-0.2, -0.15) is 5.10 Å². The molecule has 1 heterocycles. The minimum absolute atomic E-state index is 0.0285. The Bertz CT molecular complexity index is 1180. The lowest BCUT2D eigenvalue weighted by molar-refractivity contribution is -0.142. The average Bonchev–Trinajstić information content (AvgIpc) is 3.24. The zero-order valence-corrected chi connectivity index (χ0v) is 22.0.